The van der Waals surface area contributed by atoms with Crippen molar-refractivity contribution in [3.8, 4) is 0 Å². The number of hydrogen-bond acceptors (Lipinski definition) is 4. The van der Waals surface area contributed by atoms with Gasteiger partial charge in [0.05, 0.1) is 13.2 Å². The number of nitrogens with one attached hydrogen (secondary N) is 1. The second kappa shape index (κ2) is 10.6. The van der Waals surface area contributed by atoms with Crippen LogP contribution in [0.3, 0.4) is 0 Å². The zero-order chi connectivity index (χ0) is 16.2. The van der Waals surface area contributed by atoms with E-state index in [-0.39, 0.29) is 13.0 Å². The molecule has 22 heavy (non-hydrogen) atoms. The van der Waals surface area contributed by atoms with Crippen LogP contribution in [-0.4, -0.2) is 36.4 Å². The molecule has 0 aromatic heterocycles. The zero-order valence-electron chi connectivity index (χ0n) is 12.8. The second-order valence-corrected chi connectivity index (χ2v) is 4.85. The van der Waals surface area contributed by atoms with Crippen molar-refractivity contribution in [2.75, 3.05) is 13.2 Å². The Kier molecular flexibility index (Phi) is 8.67. The van der Waals surface area contributed by atoms with Crippen molar-refractivity contribution in [3.63, 3.8) is 0 Å². The number of carboxylic acid groups (broad SMARTS) is 1. The predicted octanol–water partition coefficient (Wildman–Crippen LogP) is 2.57. The van der Waals surface area contributed by atoms with Gasteiger partial charge in [0, 0.05) is 13.0 Å². The Balaban J connectivity index is 2.26. The third kappa shape index (κ3) is 7.64. The van der Waals surface area contributed by atoms with Crippen molar-refractivity contribution < 1.29 is 24.2 Å². The van der Waals surface area contributed by atoms with Crippen molar-refractivity contribution in [3.05, 3.63) is 35.9 Å². The van der Waals surface area contributed by atoms with Gasteiger partial charge in [-0.1, -0.05) is 43.7 Å². The van der Waals surface area contributed by atoms with Crippen LogP contribution in [0, 0.1) is 0 Å². The van der Waals surface area contributed by atoms with E-state index in [1.807, 2.05) is 37.3 Å². The van der Waals surface area contributed by atoms with E-state index in [0.29, 0.717) is 13.2 Å². The molecule has 0 saturated heterocycles. The van der Waals surface area contributed by atoms with Gasteiger partial charge in [-0.2, -0.15) is 0 Å². The van der Waals surface area contributed by atoms with Gasteiger partial charge < -0.3 is 19.9 Å². The maximum Gasteiger partial charge on any atom is 0.407 e. The summed E-state index contributed by atoms with van der Waals surface area (Å²) in [5.74, 6) is -1.10. The molecule has 1 rings (SSSR count). The summed E-state index contributed by atoms with van der Waals surface area (Å²) in [7, 11) is 0. The molecule has 0 aliphatic heterocycles. The minimum Gasteiger partial charge on any atom is -0.480 e. The summed E-state index contributed by atoms with van der Waals surface area (Å²) in [6.07, 6.45) is 1.14. The lowest BCUT2D eigenvalue weighted by Gasteiger charge is -2.14. The highest BCUT2D eigenvalue weighted by atomic mass is 16.5. The highest BCUT2D eigenvalue weighted by Gasteiger charge is 2.20. The molecule has 1 aromatic carbocycles. The maximum atomic E-state index is 11.4. The van der Waals surface area contributed by atoms with E-state index < -0.39 is 18.1 Å². The Hall–Kier alpha value is -2.08. The van der Waals surface area contributed by atoms with Gasteiger partial charge in [-0.15, -0.1) is 0 Å². The molecule has 1 atom stereocenters. The largest absolute Gasteiger partial charge is 0.480 e. The number of amides is 1. The lowest BCUT2D eigenvalue weighted by atomic mass is 10.2. The molecule has 0 unspecified atom stereocenters. The van der Waals surface area contributed by atoms with Gasteiger partial charge in [0.15, 0.2) is 0 Å². The molecule has 0 fully saturated rings. The van der Waals surface area contributed by atoms with Crippen LogP contribution in [0.2, 0.25) is 0 Å². The van der Waals surface area contributed by atoms with Crippen LogP contribution in [0.15, 0.2) is 30.3 Å². The first-order chi connectivity index (χ1) is 10.6. The van der Waals surface area contributed by atoms with E-state index in [2.05, 4.69) is 5.32 Å². The minimum absolute atomic E-state index is 0.186. The number of hydrogen-bond donors (Lipinski definition) is 2. The Labute approximate surface area is 130 Å². The molecule has 1 amide bonds. The molecular weight excluding hydrogens is 286 g/mol. The van der Waals surface area contributed by atoms with Gasteiger partial charge in [0.1, 0.15) is 6.04 Å². The Morgan fingerprint density at radius 1 is 1.23 bits per heavy atom. The van der Waals surface area contributed by atoms with Gasteiger partial charge in [-0.05, 0) is 12.0 Å². The fourth-order valence-electron chi connectivity index (χ4n) is 1.72. The lowest BCUT2D eigenvalue weighted by Crippen LogP contribution is -2.41. The smallest absolute Gasteiger partial charge is 0.407 e. The molecule has 0 bridgehead atoms. The second-order valence-electron chi connectivity index (χ2n) is 4.85. The van der Waals surface area contributed by atoms with Crippen molar-refractivity contribution in [1.82, 2.24) is 5.32 Å². The summed E-state index contributed by atoms with van der Waals surface area (Å²) < 4.78 is 10.3. The summed E-state index contributed by atoms with van der Waals surface area (Å²) in [5.41, 5.74) is 1.02. The fraction of sp³-hybridized carbons (Fsp3) is 0.500. The molecule has 6 heteroatoms. The molecule has 0 saturated carbocycles. The zero-order valence-corrected chi connectivity index (χ0v) is 12.8. The minimum atomic E-state index is -1.10. The standard InChI is InChI=1S/C16H23NO5/c1-2-3-10-22-16(20)17-14(15(18)19)9-11-21-12-13-7-5-4-6-8-13/h4-8,14H,2-3,9-12H2,1H3,(H,17,20)(H,18,19)/t14-/m1/s1. The molecular formula is C16H23NO5. The summed E-state index contributed by atoms with van der Waals surface area (Å²) in [5, 5.41) is 11.4. The first-order valence-electron chi connectivity index (χ1n) is 7.41. The van der Waals surface area contributed by atoms with Crippen LogP contribution in [0.25, 0.3) is 0 Å². The summed E-state index contributed by atoms with van der Waals surface area (Å²) >= 11 is 0. The van der Waals surface area contributed by atoms with Crippen LogP contribution in [0.1, 0.15) is 31.7 Å². The van der Waals surface area contributed by atoms with Gasteiger partial charge in [0.25, 0.3) is 0 Å². The first-order valence-corrected chi connectivity index (χ1v) is 7.41. The summed E-state index contributed by atoms with van der Waals surface area (Å²) in [6, 6.07) is 8.58. The number of unbranched alkanes of at least 4 members (excludes halogenated alkanes) is 1. The van der Waals surface area contributed by atoms with Crippen LogP contribution < -0.4 is 5.32 Å². The highest BCUT2D eigenvalue weighted by Crippen LogP contribution is 2.02. The molecule has 122 valence electrons. The Bertz CT molecular complexity index is 449. The molecule has 6 nitrogen and oxygen atoms in total. The molecule has 0 aliphatic carbocycles. The first kappa shape index (κ1) is 18.0. The molecule has 2 N–H and O–H groups in total. The number of carbonyl (C=O) groups is 2. The Morgan fingerprint density at radius 2 is 1.95 bits per heavy atom. The topological polar surface area (TPSA) is 84.9 Å². The SMILES string of the molecule is CCCCOC(=O)N[C@H](CCOCc1ccccc1)C(=O)O. The van der Waals surface area contributed by atoms with Crippen LogP contribution in [-0.2, 0) is 20.9 Å². The van der Waals surface area contributed by atoms with Crippen molar-refractivity contribution >= 4 is 12.1 Å². The van der Waals surface area contributed by atoms with Gasteiger partial charge in [0.2, 0.25) is 0 Å². The number of aliphatic carboxylic acids is 1. The molecule has 0 spiro atoms. The van der Waals surface area contributed by atoms with Gasteiger partial charge in [-0.3, -0.25) is 0 Å². The third-order valence-corrected chi connectivity index (χ3v) is 2.98. The monoisotopic (exact) mass is 309 g/mol. The number of carbonyl (C=O) groups excluding carboxylic acids is 1. The lowest BCUT2D eigenvalue weighted by molar-refractivity contribution is -0.139. The van der Waals surface area contributed by atoms with E-state index in [9.17, 15) is 9.59 Å². The number of benzene rings is 1. The van der Waals surface area contributed by atoms with Crippen LogP contribution in [0.4, 0.5) is 4.79 Å². The highest BCUT2D eigenvalue weighted by molar-refractivity contribution is 5.79. The summed E-state index contributed by atoms with van der Waals surface area (Å²) in [4.78, 5) is 22.6. The fourth-order valence-corrected chi connectivity index (χ4v) is 1.72. The van der Waals surface area contributed by atoms with E-state index in [1.54, 1.807) is 0 Å². The van der Waals surface area contributed by atoms with Crippen molar-refractivity contribution in [2.24, 2.45) is 0 Å². The molecule has 0 aliphatic rings. The normalized spacial score (nSPS) is 11.7. The molecule has 1 aromatic rings. The van der Waals surface area contributed by atoms with E-state index >= 15 is 0 Å². The number of ether oxygens (including phenoxy) is 2. The van der Waals surface area contributed by atoms with E-state index in [1.165, 1.54) is 0 Å². The number of carboxylic acids is 1. The Morgan fingerprint density at radius 3 is 2.59 bits per heavy atom. The number of rotatable bonds is 10. The maximum absolute atomic E-state index is 11.4. The van der Waals surface area contributed by atoms with Gasteiger partial charge >= 0.3 is 12.1 Å². The van der Waals surface area contributed by atoms with Crippen LogP contribution in [0.5, 0.6) is 0 Å². The summed E-state index contributed by atoms with van der Waals surface area (Å²) in [6.45, 7) is 2.92. The van der Waals surface area contributed by atoms with E-state index in [4.69, 9.17) is 14.6 Å². The third-order valence-electron chi connectivity index (χ3n) is 2.98. The van der Waals surface area contributed by atoms with Gasteiger partial charge in [-0.25, -0.2) is 9.59 Å². The van der Waals surface area contributed by atoms with E-state index in [0.717, 1.165) is 18.4 Å². The van der Waals surface area contributed by atoms with Crippen molar-refractivity contribution in [1.29, 1.82) is 0 Å². The number of alkyl carbamates (subject to hydrolysis) is 1. The molecule has 0 radical (unpaired) electrons. The predicted molar refractivity (Wildman–Crippen MR) is 81.5 cm³/mol. The quantitative estimate of drug-likeness (QED) is 0.649. The average Bonchev–Trinajstić information content (AvgIpc) is 2.51. The average molecular weight is 309 g/mol. The van der Waals surface area contributed by atoms with Crippen molar-refractivity contribution in [2.45, 2.75) is 38.8 Å². The molecule has 0 heterocycles. The van der Waals surface area contributed by atoms with Crippen LogP contribution >= 0.6 is 0 Å².